The molecule has 15 heavy (non-hydrogen) atoms. The van der Waals surface area contributed by atoms with Gasteiger partial charge in [-0.1, -0.05) is 6.92 Å². The van der Waals surface area contributed by atoms with Crippen LogP contribution in [-0.2, 0) is 6.54 Å². The summed E-state index contributed by atoms with van der Waals surface area (Å²) in [6.45, 7) is 10.0. The van der Waals surface area contributed by atoms with Gasteiger partial charge in [-0.05, 0) is 32.5 Å². The van der Waals surface area contributed by atoms with Crippen LogP contribution >= 0.6 is 0 Å². The van der Waals surface area contributed by atoms with E-state index in [0.717, 1.165) is 37.7 Å². The highest BCUT2D eigenvalue weighted by Crippen LogP contribution is 2.08. The summed E-state index contributed by atoms with van der Waals surface area (Å²) in [6, 6.07) is 4.07. The molecule has 4 nitrogen and oxygen atoms in total. The van der Waals surface area contributed by atoms with Crippen LogP contribution in [-0.4, -0.2) is 29.8 Å². The van der Waals surface area contributed by atoms with Gasteiger partial charge in [0.15, 0.2) is 5.82 Å². The average molecular weight is 208 g/mol. The third-order valence-electron chi connectivity index (χ3n) is 2.35. The van der Waals surface area contributed by atoms with Crippen molar-refractivity contribution in [1.82, 2.24) is 15.5 Å². The lowest BCUT2D eigenvalue weighted by molar-refractivity contribution is 0.695. The van der Waals surface area contributed by atoms with Crippen molar-refractivity contribution in [2.24, 2.45) is 0 Å². The molecule has 0 amide bonds. The molecule has 0 aromatic carbocycles. The Labute approximate surface area is 91.7 Å². The molecule has 0 aliphatic carbocycles. The minimum absolute atomic E-state index is 0.794. The van der Waals surface area contributed by atoms with Crippen LogP contribution < -0.4 is 10.2 Å². The third kappa shape index (κ3) is 3.47. The number of hydrogen-bond donors (Lipinski definition) is 1. The Bertz CT molecular complexity index is 266. The van der Waals surface area contributed by atoms with Gasteiger partial charge >= 0.3 is 0 Å². The van der Waals surface area contributed by atoms with Gasteiger partial charge in [-0.25, -0.2) is 0 Å². The van der Waals surface area contributed by atoms with Crippen molar-refractivity contribution in [3.05, 3.63) is 17.8 Å². The van der Waals surface area contributed by atoms with E-state index in [2.05, 4.69) is 41.2 Å². The number of nitrogens with one attached hydrogen (secondary N) is 1. The maximum atomic E-state index is 4.21. The van der Waals surface area contributed by atoms with E-state index in [1.165, 1.54) is 0 Å². The summed E-state index contributed by atoms with van der Waals surface area (Å²) in [7, 11) is 0. The fraction of sp³-hybridized carbons (Fsp3) is 0.636. The van der Waals surface area contributed by atoms with Crippen LogP contribution in [0.15, 0.2) is 12.1 Å². The van der Waals surface area contributed by atoms with Gasteiger partial charge in [0.05, 0.1) is 5.69 Å². The first-order chi connectivity index (χ1) is 7.31. The molecule has 1 aromatic rings. The van der Waals surface area contributed by atoms with E-state index in [-0.39, 0.29) is 0 Å². The van der Waals surface area contributed by atoms with Gasteiger partial charge in [0.2, 0.25) is 0 Å². The van der Waals surface area contributed by atoms with Crippen molar-refractivity contribution in [3.63, 3.8) is 0 Å². The van der Waals surface area contributed by atoms with Crippen molar-refractivity contribution < 1.29 is 0 Å². The molecule has 0 unspecified atom stereocenters. The summed E-state index contributed by atoms with van der Waals surface area (Å²) < 4.78 is 0. The minimum Gasteiger partial charge on any atom is -0.356 e. The van der Waals surface area contributed by atoms with Gasteiger partial charge in [-0.2, -0.15) is 5.10 Å². The normalized spacial score (nSPS) is 10.3. The highest BCUT2D eigenvalue weighted by Gasteiger charge is 2.03. The summed E-state index contributed by atoms with van der Waals surface area (Å²) >= 11 is 0. The summed E-state index contributed by atoms with van der Waals surface area (Å²) in [5.74, 6) is 0.959. The molecule has 0 atom stereocenters. The zero-order chi connectivity index (χ0) is 11.1. The Morgan fingerprint density at radius 2 is 1.87 bits per heavy atom. The number of nitrogens with zero attached hydrogens (tertiary/aromatic N) is 3. The Hall–Kier alpha value is -1.16. The second kappa shape index (κ2) is 6.35. The minimum atomic E-state index is 0.794. The van der Waals surface area contributed by atoms with Crippen molar-refractivity contribution in [2.45, 2.75) is 27.3 Å². The highest BCUT2D eigenvalue weighted by atomic mass is 15.3. The largest absolute Gasteiger partial charge is 0.356 e. The van der Waals surface area contributed by atoms with Gasteiger partial charge in [-0.15, -0.1) is 5.10 Å². The standard InChI is InChI=1S/C11H20N4/c1-4-12-9-10-7-8-11(14-13-10)15(5-2)6-3/h7-8,12H,4-6,9H2,1-3H3. The maximum Gasteiger partial charge on any atom is 0.151 e. The van der Waals surface area contributed by atoms with E-state index in [0.29, 0.717) is 0 Å². The van der Waals surface area contributed by atoms with Crippen molar-refractivity contribution >= 4 is 5.82 Å². The number of hydrogen-bond acceptors (Lipinski definition) is 4. The zero-order valence-corrected chi connectivity index (χ0v) is 9.82. The summed E-state index contributed by atoms with van der Waals surface area (Å²) in [6.07, 6.45) is 0. The predicted molar refractivity (Wildman–Crippen MR) is 63.0 cm³/mol. The monoisotopic (exact) mass is 208 g/mol. The van der Waals surface area contributed by atoms with Gasteiger partial charge in [0, 0.05) is 19.6 Å². The molecule has 84 valence electrons. The molecule has 0 bridgehead atoms. The van der Waals surface area contributed by atoms with E-state index in [4.69, 9.17) is 0 Å². The molecule has 0 spiro atoms. The van der Waals surface area contributed by atoms with Crippen LogP contribution in [0.5, 0.6) is 0 Å². The predicted octanol–water partition coefficient (Wildman–Crippen LogP) is 1.43. The molecule has 0 saturated carbocycles. The van der Waals surface area contributed by atoms with Gasteiger partial charge in [0.25, 0.3) is 0 Å². The summed E-state index contributed by atoms with van der Waals surface area (Å²) in [5, 5.41) is 11.6. The average Bonchev–Trinajstić information content (AvgIpc) is 2.29. The summed E-state index contributed by atoms with van der Waals surface area (Å²) in [4.78, 5) is 2.18. The highest BCUT2D eigenvalue weighted by molar-refractivity contribution is 5.36. The molecule has 0 aliphatic rings. The van der Waals surface area contributed by atoms with E-state index >= 15 is 0 Å². The number of rotatable bonds is 6. The molecule has 1 heterocycles. The molecule has 0 aliphatic heterocycles. The van der Waals surface area contributed by atoms with E-state index in [1.54, 1.807) is 0 Å². The fourth-order valence-corrected chi connectivity index (χ4v) is 1.42. The molecule has 1 aromatic heterocycles. The lowest BCUT2D eigenvalue weighted by atomic mass is 10.3. The molecule has 1 N–H and O–H groups in total. The van der Waals surface area contributed by atoms with Crippen LogP contribution in [0.3, 0.4) is 0 Å². The Balaban J connectivity index is 2.62. The third-order valence-corrected chi connectivity index (χ3v) is 2.35. The quantitative estimate of drug-likeness (QED) is 0.768. The number of aromatic nitrogens is 2. The molecule has 4 heteroatoms. The first kappa shape index (κ1) is 11.9. The van der Waals surface area contributed by atoms with Gasteiger partial charge in [-0.3, -0.25) is 0 Å². The topological polar surface area (TPSA) is 41.0 Å². The molecule has 1 rings (SSSR count). The lowest BCUT2D eigenvalue weighted by Crippen LogP contribution is -2.23. The fourth-order valence-electron chi connectivity index (χ4n) is 1.42. The zero-order valence-electron chi connectivity index (χ0n) is 9.82. The second-order valence-corrected chi connectivity index (χ2v) is 3.34. The van der Waals surface area contributed by atoms with E-state index in [9.17, 15) is 0 Å². The van der Waals surface area contributed by atoms with Gasteiger partial charge < -0.3 is 10.2 Å². The molecular weight excluding hydrogens is 188 g/mol. The van der Waals surface area contributed by atoms with Gasteiger partial charge in [0.1, 0.15) is 0 Å². The van der Waals surface area contributed by atoms with Crippen molar-refractivity contribution in [3.8, 4) is 0 Å². The maximum absolute atomic E-state index is 4.21. The smallest absolute Gasteiger partial charge is 0.151 e. The SMILES string of the molecule is CCNCc1ccc(N(CC)CC)nn1. The molecule has 0 fully saturated rings. The second-order valence-electron chi connectivity index (χ2n) is 3.34. The van der Waals surface area contributed by atoms with Crippen LogP contribution in [0.1, 0.15) is 26.5 Å². The van der Waals surface area contributed by atoms with Crippen LogP contribution in [0.4, 0.5) is 5.82 Å². The van der Waals surface area contributed by atoms with Crippen LogP contribution in [0.2, 0.25) is 0 Å². The molecular formula is C11H20N4. The van der Waals surface area contributed by atoms with E-state index in [1.807, 2.05) is 12.1 Å². The van der Waals surface area contributed by atoms with Crippen molar-refractivity contribution in [2.75, 3.05) is 24.5 Å². The van der Waals surface area contributed by atoms with Crippen LogP contribution in [0, 0.1) is 0 Å². The first-order valence-corrected chi connectivity index (χ1v) is 5.60. The molecule has 0 saturated heterocycles. The van der Waals surface area contributed by atoms with Crippen molar-refractivity contribution in [1.29, 1.82) is 0 Å². The molecule has 0 radical (unpaired) electrons. The Morgan fingerprint density at radius 1 is 1.13 bits per heavy atom. The first-order valence-electron chi connectivity index (χ1n) is 5.60. The number of anilines is 1. The summed E-state index contributed by atoms with van der Waals surface area (Å²) in [5.41, 5.74) is 0.993. The Kier molecular flexibility index (Phi) is 5.04. The van der Waals surface area contributed by atoms with E-state index < -0.39 is 0 Å². The lowest BCUT2D eigenvalue weighted by Gasteiger charge is -2.18. The Morgan fingerprint density at radius 3 is 2.33 bits per heavy atom. The van der Waals surface area contributed by atoms with Crippen LogP contribution in [0.25, 0.3) is 0 Å².